The first-order chi connectivity index (χ1) is 8.35. The monoisotopic (exact) mass is 251 g/mol. The van der Waals surface area contributed by atoms with Crippen molar-refractivity contribution in [1.82, 2.24) is 0 Å². The standard InChI is InChI=1S/C14H21NO3/c1-10-9-11(5-6-12(10)15)13(16)18-8-7-14(2,3)17-4/h5-6,9H,7-8,15H2,1-4H3. The van der Waals surface area contributed by atoms with E-state index in [2.05, 4.69) is 0 Å². The maximum Gasteiger partial charge on any atom is 0.338 e. The topological polar surface area (TPSA) is 61.5 Å². The van der Waals surface area contributed by atoms with E-state index in [1.54, 1.807) is 25.3 Å². The molecule has 0 radical (unpaired) electrons. The van der Waals surface area contributed by atoms with Crippen LogP contribution < -0.4 is 5.73 Å². The molecule has 1 rings (SSSR count). The molecule has 18 heavy (non-hydrogen) atoms. The molecular formula is C14H21NO3. The lowest BCUT2D eigenvalue weighted by molar-refractivity contribution is -0.00563. The summed E-state index contributed by atoms with van der Waals surface area (Å²) in [4.78, 5) is 11.8. The molecule has 0 amide bonds. The lowest BCUT2D eigenvalue weighted by atomic mass is 10.1. The van der Waals surface area contributed by atoms with Crippen LogP contribution in [0.25, 0.3) is 0 Å². The molecule has 0 saturated heterocycles. The maximum atomic E-state index is 11.8. The van der Waals surface area contributed by atoms with Crippen LogP contribution in [0.3, 0.4) is 0 Å². The Labute approximate surface area is 108 Å². The van der Waals surface area contributed by atoms with Gasteiger partial charge >= 0.3 is 5.97 Å². The number of anilines is 1. The number of benzene rings is 1. The van der Waals surface area contributed by atoms with Gasteiger partial charge in [-0.15, -0.1) is 0 Å². The second-order valence-corrected chi connectivity index (χ2v) is 4.92. The number of hydrogen-bond donors (Lipinski definition) is 1. The van der Waals surface area contributed by atoms with Crippen LogP contribution in [0.1, 0.15) is 36.2 Å². The SMILES string of the molecule is COC(C)(C)CCOC(=O)c1ccc(N)c(C)c1. The molecule has 1 aromatic carbocycles. The van der Waals surface area contributed by atoms with Crippen LogP contribution >= 0.6 is 0 Å². The van der Waals surface area contributed by atoms with Crippen LogP contribution in [-0.4, -0.2) is 25.3 Å². The predicted molar refractivity (Wildman–Crippen MR) is 71.6 cm³/mol. The molecule has 0 aromatic heterocycles. The molecule has 0 bridgehead atoms. The number of hydrogen-bond acceptors (Lipinski definition) is 4. The van der Waals surface area contributed by atoms with Gasteiger partial charge < -0.3 is 15.2 Å². The molecule has 1 aromatic rings. The molecule has 0 atom stereocenters. The summed E-state index contributed by atoms with van der Waals surface area (Å²) in [5, 5.41) is 0. The van der Waals surface area contributed by atoms with Crippen molar-refractivity contribution < 1.29 is 14.3 Å². The molecule has 4 nitrogen and oxygen atoms in total. The minimum Gasteiger partial charge on any atom is -0.462 e. The smallest absolute Gasteiger partial charge is 0.338 e. The van der Waals surface area contributed by atoms with Gasteiger partial charge in [0.1, 0.15) is 0 Å². The van der Waals surface area contributed by atoms with Gasteiger partial charge in [0.2, 0.25) is 0 Å². The highest BCUT2D eigenvalue weighted by Crippen LogP contribution is 2.15. The van der Waals surface area contributed by atoms with E-state index in [1.165, 1.54) is 0 Å². The van der Waals surface area contributed by atoms with E-state index in [9.17, 15) is 4.79 Å². The van der Waals surface area contributed by atoms with E-state index in [4.69, 9.17) is 15.2 Å². The Morgan fingerprint density at radius 3 is 2.61 bits per heavy atom. The van der Waals surface area contributed by atoms with Crippen molar-refractivity contribution >= 4 is 11.7 Å². The fourth-order valence-electron chi connectivity index (χ4n) is 1.38. The summed E-state index contributed by atoms with van der Waals surface area (Å²) < 4.78 is 10.5. The Hall–Kier alpha value is -1.55. The van der Waals surface area contributed by atoms with E-state index in [-0.39, 0.29) is 11.6 Å². The third kappa shape index (κ3) is 4.04. The van der Waals surface area contributed by atoms with Crippen molar-refractivity contribution in [2.75, 3.05) is 19.5 Å². The fraction of sp³-hybridized carbons (Fsp3) is 0.500. The van der Waals surface area contributed by atoms with Crippen LogP contribution in [0, 0.1) is 6.92 Å². The molecule has 0 aliphatic heterocycles. The number of nitrogens with two attached hydrogens (primary N) is 1. The zero-order valence-corrected chi connectivity index (χ0v) is 11.4. The van der Waals surface area contributed by atoms with Crippen LogP contribution in [0.5, 0.6) is 0 Å². The van der Waals surface area contributed by atoms with Crippen molar-refractivity contribution in [3.05, 3.63) is 29.3 Å². The summed E-state index contributed by atoms with van der Waals surface area (Å²) in [6.45, 7) is 6.10. The Balaban J connectivity index is 2.53. The quantitative estimate of drug-likeness (QED) is 0.645. The van der Waals surface area contributed by atoms with Gasteiger partial charge in [-0.3, -0.25) is 0 Å². The average Bonchev–Trinajstić information content (AvgIpc) is 2.32. The summed E-state index contributed by atoms with van der Waals surface area (Å²) in [5.41, 5.74) is 7.49. The third-order valence-electron chi connectivity index (χ3n) is 3.00. The number of carbonyl (C=O) groups excluding carboxylic acids is 1. The zero-order chi connectivity index (χ0) is 13.8. The van der Waals surface area contributed by atoms with E-state index < -0.39 is 0 Å². The highest BCUT2D eigenvalue weighted by atomic mass is 16.5. The normalized spacial score (nSPS) is 11.3. The summed E-state index contributed by atoms with van der Waals surface area (Å²) in [6, 6.07) is 5.12. The van der Waals surface area contributed by atoms with Gasteiger partial charge in [-0.2, -0.15) is 0 Å². The van der Waals surface area contributed by atoms with Crippen molar-refractivity contribution in [3.8, 4) is 0 Å². The maximum absolute atomic E-state index is 11.8. The van der Waals surface area contributed by atoms with Crippen LogP contribution in [0.15, 0.2) is 18.2 Å². The number of methoxy groups -OCH3 is 1. The molecule has 0 heterocycles. The molecule has 0 saturated carbocycles. The Kier molecular flexibility index (Phi) is 4.73. The number of carbonyl (C=O) groups is 1. The van der Waals surface area contributed by atoms with E-state index in [1.807, 2.05) is 20.8 Å². The predicted octanol–water partition coefficient (Wildman–Crippen LogP) is 2.55. The summed E-state index contributed by atoms with van der Waals surface area (Å²) in [6.07, 6.45) is 0.656. The molecule has 0 fully saturated rings. The number of nitrogen functional groups attached to an aromatic ring is 1. The van der Waals surface area contributed by atoms with Crippen molar-refractivity contribution in [1.29, 1.82) is 0 Å². The highest BCUT2D eigenvalue weighted by molar-refractivity contribution is 5.90. The average molecular weight is 251 g/mol. The first-order valence-corrected chi connectivity index (χ1v) is 5.94. The van der Waals surface area contributed by atoms with Gasteiger partial charge in [-0.1, -0.05) is 0 Å². The van der Waals surface area contributed by atoms with Gasteiger partial charge in [-0.05, 0) is 44.5 Å². The zero-order valence-electron chi connectivity index (χ0n) is 11.4. The van der Waals surface area contributed by atoms with Gasteiger partial charge in [0.25, 0.3) is 0 Å². The molecule has 2 N–H and O–H groups in total. The second-order valence-electron chi connectivity index (χ2n) is 4.92. The summed E-state index contributed by atoms with van der Waals surface area (Å²) in [7, 11) is 1.64. The minimum absolute atomic E-state index is 0.280. The van der Waals surface area contributed by atoms with Crippen LogP contribution in [-0.2, 0) is 9.47 Å². The van der Waals surface area contributed by atoms with Crippen LogP contribution in [0.4, 0.5) is 5.69 Å². The number of ether oxygens (including phenoxy) is 2. The summed E-state index contributed by atoms with van der Waals surface area (Å²) >= 11 is 0. The molecule has 4 heteroatoms. The molecule has 100 valence electrons. The Morgan fingerprint density at radius 1 is 1.39 bits per heavy atom. The van der Waals surface area contributed by atoms with Crippen molar-refractivity contribution in [2.45, 2.75) is 32.8 Å². The largest absolute Gasteiger partial charge is 0.462 e. The summed E-state index contributed by atoms with van der Waals surface area (Å²) in [5.74, 6) is -0.329. The minimum atomic E-state index is -0.329. The first kappa shape index (κ1) is 14.5. The van der Waals surface area contributed by atoms with Gasteiger partial charge in [-0.25, -0.2) is 4.79 Å². The molecule has 0 unspecified atom stereocenters. The Morgan fingerprint density at radius 2 is 2.06 bits per heavy atom. The van der Waals surface area contributed by atoms with Gasteiger partial charge in [0.05, 0.1) is 17.8 Å². The van der Waals surface area contributed by atoms with E-state index >= 15 is 0 Å². The number of rotatable bonds is 5. The lowest BCUT2D eigenvalue weighted by Gasteiger charge is -2.22. The first-order valence-electron chi connectivity index (χ1n) is 5.94. The van der Waals surface area contributed by atoms with Gasteiger partial charge in [0.15, 0.2) is 0 Å². The van der Waals surface area contributed by atoms with Gasteiger partial charge in [0, 0.05) is 19.2 Å². The highest BCUT2D eigenvalue weighted by Gasteiger charge is 2.17. The number of esters is 1. The number of aryl methyl sites for hydroxylation is 1. The van der Waals surface area contributed by atoms with Crippen LogP contribution in [0.2, 0.25) is 0 Å². The second kappa shape index (κ2) is 5.87. The van der Waals surface area contributed by atoms with E-state index in [0.29, 0.717) is 24.3 Å². The molecular weight excluding hydrogens is 230 g/mol. The molecule has 0 spiro atoms. The molecule has 0 aliphatic carbocycles. The molecule has 0 aliphatic rings. The Bertz CT molecular complexity index is 427. The van der Waals surface area contributed by atoms with Crippen molar-refractivity contribution in [2.24, 2.45) is 0 Å². The third-order valence-corrected chi connectivity index (χ3v) is 3.00. The fourth-order valence-corrected chi connectivity index (χ4v) is 1.38. The lowest BCUT2D eigenvalue weighted by Crippen LogP contribution is -2.25. The van der Waals surface area contributed by atoms with Crippen molar-refractivity contribution in [3.63, 3.8) is 0 Å². The van der Waals surface area contributed by atoms with E-state index in [0.717, 1.165) is 5.56 Å².